The molecule has 0 heterocycles. The van der Waals surface area contributed by atoms with E-state index in [0.717, 1.165) is 7.11 Å². The van der Waals surface area contributed by atoms with Crippen molar-refractivity contribution < 1.29 is 40.2 Å². The van der Waals surface area contributed by atoms with Gasteiger partial charge in [-0.1, -0.05) is 0 Å². The van der Waals surface area contributed by atoms with Crippen LogP contribution >= 0.6 is 0 Å². The number of ether oxygens (including phenoxy) is 2. The number of nitrogens with two attached hydrogens (primary N) is 1. The first-order valence-electron chi connectivity index (χ1n) is 4.90. The molecule has 10 heteroatoms. The minimum absolute atomic E-state index is 0.298. The Labute approximate surface area is 108 Å². The van der Waals surface area contributed by atoms with E-state index in [4.69, 9.17) is 5.73 Å². The fourth-order valence-electron chi connectivity index (χ4n) is 1.26. The second kappa shape index (κ2) is 5.25. The van der Waals surface area contributed by atoms with Gasteiger partial charge in [-0.2, -0.15) is 26.3 Å². The summed E-state index contributed by atoms with van der Waals surface area (Å²) < 4.78 is 95.2. The summed E-state index contributed by atoms with van der Waals surface area (Å²) in [5.41, 5.74) is 4.94. The number of anilines is 1. The van der Waals surface area contributed by atoms with E-state index in [-0.39, 0.29) is 11.4 Å². The van der Waals surface area contributed by atoms with Crippen molar-refractivity contribution in [2.45, 2.75) is 18.5 Å². The van der Waals surface area contributed by atoms with Gasteiger partial charge in [-0.05, 0) is 0 Å². The molecule has 0 aliphatic heterocycles. The second-order valence-corrected chi connectivity index (χ2v) is 3.61. The molecule has 0 saturated carbocycles. The molecule has 0 aromatic heterocycles. The molecule has 0 aliphatic carbocycles. The van der Waals surface area contributed by atoms with Crippen LogP contribution in [0.5, 0.6) is 11.5 Å². The van der Waals surface area contributed by atoms with Crippen molar-refractivity contribution in [2.75, 3.05) is 12.8 Å². The quantitative estimate of drug-likeness (QED) is 0.688. The van der Waals surface area contributed by atoms with E-state index >= 15 is 0 Å². The Balaban J connectivity index is 3.19. The Morgan fingerprint density at radius 1 is 1.00 bits per heavy atom. The largest absolute Gasteiger partial charge is 0.494 e. The van der Waals surface area contributed by atoms with Crippen LogP contribution in [-0.4, -0.2) is 25.6 Å². The van der Waals surface area contributed by atoms with Gasteiger partial charge in [0.05, 0.1) is 12.8 Å². The van der Waals surface area contributed by atoms with Gasteiger partial charge in [-0.15, -0.1) is 0 Å². The van der Waals surface area contributed by atoms with Gasteiger partial charge in [-0.25, -0.2) is 4.39 Å². The van der Waals surface area contributed by atoms with Gasteiger partial charge in [0.1, 0.15) is 5.75 Å². The highest BCUT2D eigenvalue weighted by molar-refractivity contribution is 5.56. The Kier molecular flexibility index (Phi) is 4.25. The molecule has 0 amide bonds. The first-order chi connectivity index (χ1) is 8.96. The van der Waals surface area contributed by atoms with Gasteiger partial charge in [0.15, 0.2) is 11.6 Å². The summed E-state index contributed by atoms with van der Waals surface area (Å²) in [4.78, 5) is 0. The standard InChI is InChI=1S/C10H8F7NO2/c1-19-7-3-6(4(11)2-5(7)18)20-8(9(12,13)14)10(15,16)17/h2-3,8H,18H2,1H3. The van der Waals surface area contributed by atoms with Gasteiger partial charge in [-0.3, -0.25) is 0 Å². The average molecular weight is 307 g/mol. The highest BCUT2D eigenvalue weighted by Gasteiger charge is 2.59. The number of nitrogen functional groups attached to an aromatic ring is 1. The van der Waals surface area contributed by atoms with Crippen molar-refractivity contribution in [1.82, 2.24) is 0 Å². The molecule has 0 saturated heterocycles. The maximum Gasteiger partial charge on any atom is 0.434 e. The molecular formula is C10H8F7NO2. The van der Waals surface area contributed by atoms with Gasteiger partial charge in [0.2, 0.25) is 0 Å². The number of hydrogen-bond donors (Lipinski definition) is 1. The maximum absolute atomic E-state index is 13.3. The van der Waals surface area contributed by atoms with Crippen LogP contribution in [0.25, 0.3) is 0 Å². The molecule has 0 atom stereocenters. The van der Waals surface area contributed by atoms with E-state index in [1.54, 1.807) is 0 Å². The van der Waals surface area contributed by atoms with E-state index in [2.05, 4.69) is 9.47 Å². The molecular weight excluding hydrogens is 299 g/mol. The molecule has 0 unspecified atom stereocenters. The van der Waals surface area contributed by atoms with Crippen molar-refractivity contribution >= 4 is 5.69 Å². The van der Waals surface area contributed by atoms with E-state index in [1.807, 2.05) is 0 Å². The predicted octanol–water partition coefficient (Wildman–Crippen LogP) is 3.29. The summed E-state index contributed by atoms with van der Waals surface area (Å²) >= 11 is 0. The van der Waals surface area contributed by atoms with Gasteiger partial charge in [0, 0.05) is 12.1 Å². The van der Waals surface area contributed by atoms with Gasteiger partial charge in [0.25, 0.3) is 6.10 Å². The summed E-state index contributed by atoms with van der Waals surface area (Å²) in [5.74, 6) is -3.05. The lowest BCUT2D eigenvalue weighted by atomic mass is 10.2. The monoisotopic (exact) mass is 307 g/mol. The van der Waals surface area contributed by atoms with E-state index < -0.39 is 30.0 Å². The summed E-state index contributed by atoms with van der Waals surface area (Å²) in [6, 6.07) is 1.01. The highest BCUT2D eigenvalue weighted by Crippen LogP contribution is 2.38. The zero-order valence-electron chi connectivity index (χ0n) is 9.77. The predicted molar refractivity (Wildman–Crippen MR) is 53.9 cm³/mol. The van der Waals surface area contributed by atoms with Crippen molar-refractivity contribution in [1.29, 1.82) is 0 Å². The van der Waals surface area contributed by atoms with Crippen LogP contribution in [0.2, 0.25) is 0 Å². The minimum atomic E-state index is -5.75. The molecule has 1 aromatic carbocycles. The van der Waals surface area contributed by atoms with Crippen LogP contribution in [0.1, 0.15) is 0 Å². The van der Waals surface area contributed by atoms with Crippen molar-refractivity contribution in [3.05, 3.63) is 17.9 Å². The van der Waals surface area contributed by atoms with Gasteiger partial charge < -0.3 is 15.2 Å². The summed E-state index contributed by atoms with van der Waals surface area (Å²) in [7, 11) is 1.05. The second-order valence-electron chi connectivity index (χ2n) is 3.61. The topological polar surface area (TPSA) is 44.5 Å². The van der Waals surface area contributed by atoms with Crippen molar-refractivity contribution in [3.63, 3.8) is 0 Å². The SMILES string of the molecule is COc1cc(OC(C(F)(F)F)C(F)(F)F)c(F)cc1N. The highest BCUT2D eigenvalue weighted by atomic mass is 19.4. The Hall–Kier alpha value is -1.87. The Morgan fingerprint density at radius 3 is 1.90 bits per heavy atom. The molecule has 20 heavy (non-hydrogen) atoms. The molecule has 0 bridgehead atoms. The van der Waals surface area contributed by atoms with Crippen LogP contribution in [0.15, 0.2) is 12.1 Å². The molecule has 0 aliphatic rings. The lowest BCUT2D eigenvalue weighted by Gasteiger charge is -2.24. The lowest BCUT2D eigenvalue weighted by Crippen LogP contribution is -2.46. The number of halogens is 7. The summed E-state index contributed by atoms with van der Waals surface area (Å²) in [6.07, 6.45) is -15.7. The lowest BCUT2D eigenvalue weighted by molar-refractivity contribution is -0.300. The van der Waals surface area contributed by atoms with Gasteiger partial charge >= 0.3 is 12.4 Å². The Bertz CT molecular complexity index is 470. The average Bonchev–Trinajstić information content (AvgIpc) is 2.24. The zero-order valence-corrected chi connectivity index (χ0v) is 9.77. The third-order valence-electron chi connectivity index (χ3n) is 2.12. The molecule has 0 fully saturated rings. The first kappa shape index (κ1) is 16.2. The number of hydrogen-bond acceptors (Lipinski definition) is 3. The molecule has 0 spiro atoms. The molecule has 2 N–H and O–H groups in total. The number of benzene rings is 1. The maximum atomic E-state index is 13.3. The molecule has 0 radical (unpaired) electrons. The first-order valence-corrected chi connectivity index (χ1v) is 4.90. The summed E-state index contributed by atoms with van der Waals surface area (Å²) in [6.45, 7) is 0. The smallest absolute Gasteiger partial charge is 0.434 e. The third kappa shape index (κ3) is 3.58. The van der Waals surface area contributed by atoms with Crippen molar-refractivity contribution in [3.8, 4) is 11.5 Å². The number of methoxy groups -OCH3 is 1. The van der Waals surface area contributed by atoms with Crippen LogP contribution in [0.3, 0.4) is 0 Å². The fraction of sp³-hybridized carbons (Fsp3) is 0.400. The molecule has 1 aromatic rings. The summed E-state index contributed by atoms with van der Waals surface area (Å²) in [5, 5.41) is 0. The molecule has 114 valence electrons. The van der Waals surface area contributed by atoms with Crippen LogP contribution in [0.4, 0.5) is 36.4 Å². The van der Waals surface area contributed by atoms with E-state index in [1.165, 1.54) is 0 Å². The number of rotatable bonds is 3. The third-order valence-corrected chi connectivity index (χ3v) is 2.12. The molecule has 1 rings (SSSR count). The van der Waals surface area contributed by atoms with Crippen molar-refractivity contribution in [2.24, 2.45) is 0 Å². The zero-order chi connectivity index (χ0) is 15.7. The molecule has 3 nitrogen and oxygen atoms in total. The normalized spacial score (nSPS) is 12.7. The minimum Gasteiger partial charge on any atom is -0.494 e. The van der Waals surface area contributed by atoms with Crippen LogP contribution in [-0.2, 0) is 0 Å². The number of alkyl halides is 6. The van der Waals surface area contributed by atoms with Crippen LogP contribution in [0, 0.1) is 5.82 Å². The van der Waals surface area contributed by atoms with E-state index in [9.17, 15) is 30.7 Å². The fourth-order valence-corrected chi connectivity index (χ4v) is 1.26. The Morgan fingerprint density at radius 2 is 1.50 bits per heavy atom. The van der Waals surface area contributed by atoms with Crippen LogP contribution < -0.4 is 15.2 Å². The van der Waals surface area contributed by atoms with E-state index in [0.29, 0.717) is 12.1 Å².